The van der Waals surface area contributed by atoms with Crippen LogP contribution in [0.4, 0.5) is 0 Å². The van der Waals surface area contributed by atoms with Crippen LogP contribution in [0.2, 0.25) is 0 Å². The summed E-state index contributed by atoms with van der Waals surface area (Å²) in [6.45, 7) is 9.42. The summed E-state index contributed by atoms with van der Waals surface area (Å²) in [5.74, 6) is 1.21. The van der Waals surface area contributed by atoms with Crippen LogP contribution < -0.4 is 5.32 Å². The molecular formula is C16H31NO2. The van der Waals surface area contributed by atoms with Gasteiger partial charge in [-0.25, -0.2) is 0 Å². The molecule has 112 valence electrons. The summed E-state index contributed by atoms with van der Waals surface area (Å²) in [6, 6.07) is 0.531. The fourth-order valence-corrected chi connectivity index (χ4v) is 3.14. The first-order chi connectivity index (χ1) is 8.90. The van der Waals surface area contributed by atoms with Crippen molar-refractivity contribution in [1.29, 1.82) is 0 Å². The monoisotopic (exact) mass is 269 g/mol. The van der Waals surface area contributed by atoms with Gasteiger partial charge >= 0.3 is 5.97 Å². The van der Waals surface area contributed by atoms with E-state index in [2.05, 4.69) is 33.0 Å². The summed E-state index contributed by atoms with van der Waals surface area (Å²) in [5, 5.41) is 12.7. The molecule has 3 heteroatoms. The van der Waals surface area contributed by atoms with E-state index >= 15 is 0 Å². The van der Waals surface area contributed by atoms with Gasteiger partial charge in [0, 0.05) is 12.6 Å². The summed E-state index contributed by atoms with van der Waals surface area (Å²) in [6.07, 6.45) is 5.76. The maximum atomic E-state index is 11.2. The van der Waals surface area contributed by atoms with Crippen molar-refractivity contribution >= 4 is 5.97 Å². The Balaban J connectivity index is 2.30. The molecule has 19 heavy (non-hydrogen) atoms. The molecular weight excluding hydrogens is 238 g/mol. The van der Waals surface area contributed by atoms with Crippen molar-refractivity contribution in [2.24, 2.45) is 23.7 Å². The summed E-state index contributed by atoms with van der Waals surface area (Å²) in [5.41, 5.74) is 0. The highest BCUT2D eigenvalue weighted by Gasteiger charge is 2.25. The minimum absolute atomic E-state index is 0.233. The average molecular weight is 269 g/mol. The third kappa shape index (κ3) is 5.94. The third-order valence-electron chi connectivity index (χ3n) is 4.47. The number of rotatable bonds is 7. The molecule has 1 rings (SSSR count). The van der Waals surface area contributed by atoms with E-state index < -0.39 is 5.97 Å². The first-order valence-electron chi connectivity index (χ1n) is 7.86. The first kappa shape index (κ1) is 16.5. The molecule has 0 bridgehead atoms. The molecule has 0 saturated heterocycles. The minimum atomic E-state index is -0.655. The van der Waals surface area contributed by atoms with Crippen molar-refractivity contribution in [2.45, 2.75) is 65.8 Å². The molecule has 3 nitrogen and oxygen atoms in total. The quantitative estimate of drug-likeness (QED) is 0.743. The maximum Gasteiger partial charge on any atom is 0.307 e. The van der Waals surface area contributed by atoms with Gasteiger partial charge in [-0.05, 0) is 49.9 Å². The van der Waals surface area contributed by atoms with Gasteiger partial charge in [-0.2, -0.15) is 0 Å². The highest BCUT2D eigenvalue weighted by Crippen LogP contribution is 2.29. The highest BCUT2D eigenvalue weighted by atomic mass is 16.4. The molecule has 0 aromatic rings. The predicted molar refractivity (Wildman–Crippen MR) is 79.2 cm³/mol. The largest absolute Gasteiger partial charge is 0.481 e. The number of hydrogen-bond donors (Lipinski definition) is 2. The number of aliphatic carboxylic acids is 1. The normalized spacial score (nSPS) is 25.8. The molecule has 1 unspecified atom stereocenters. The lowest BCUT2D eigenvalue weighted by molar-refractivity contribution is -0.142. The van der Waals surface area contributed by atoms with Crippen LogP contribution in [0.1, 0.15) is 59.8 Å². The van der Waals surface area contributed by atoms with E-state index in [0.717, 1.165) is 18.3 Å². The second-order valence-electron chi connectivity index (χ2n) is 6.93. The van der Waals surface area contributed by atoms with Crippen molar-refractivity contribution in [2.75, 3.05) is 6.54 Å². The molecule has 1 aliphatic rings. The molecule has 1 aliphatic carbocycles. The molecule has 0 heterocycles. The van der Waals surface area contributed by atoms with Crippen molar-refractivity contribution in [3.05, 3.63) is 0 Å². The summed E-state index contributed by atoms with van der Waals surface area (Å²) < 4.78 is 0. The molecule has 1 saturated carbocycles. The van der Waals surface area contributed by atoms with Crippen LogP contribution in [0.25, 0.3) is 0 Å². The van der Waals surface area contributed by atoms with E-state index in [-0.39, 0.29) is 5.92 Å². The molecule has 0 aromatic carbocycles. The first-order valence-corrected chi connectivity index (χ1v) is 7.86. The predicted octanol–water partition coefficient (Wildman–Crippen LogP) is 3.54. The number of carboxylic acids is 1. The minimum Gasteiger partial charge on any atom is -0.481 e. The summed E-state index contributed by atoms with van der Waals surface area (Å²) in [4.78, 5) is 11.2. The Hall–Kier alpha value is -0.570. The Morgan fingerprint density at radius 1 is 1.16 bits per heavy atom. The Morgan fingerprint density at radius 2 is 1.74 bits per heavy atom. The fraction of sp³-hybridized carbons (Fsp3) is 0.938. The molecule has 2 N–H and O–H groups in total. The Labute approximate surface area is 118 Å². The fourth-order valence-electron chi connectivity index (χ4n) is 3.14. The van der Waals surface area contributed by atoms with Gasteiger partial charge in [0.05, 0.1) is 5.92 Å². The number of carboxylic acid groups (broad SMARTS) is 1. The molecule has 0 spiro atoms. The number of nitrogens with one attached hydrogen (secondary N) is 1. The molecule has 1 fully saturated rings. The zero-order valence-corrected chi connectivity index (χ0v) is 13.0. The van der Waals surface area contributed by atoms with Crippen LogP contribution in [-0.2, 0) is 4.79 Å². The highest BCUT2D eigenvalue weighted by molar-refractivity contribution is 5.70. The molecule has 0 aliphatic heterocycles. The van der Waals surface area contributed by atoms with E-state index in [1.54, 1.807) is 0 Å². The lowest BCUT2D eigenvalue weighted by Crippen LogP contribution is -2.39. The standard InChI is InChI=1S/C16H31NO2/c1-11(2)9-14(16(18)19)10-17-15-7-5-13(6-8-15)12(3)4/h11-15,17H,5-10H2,1-4H3,(H,18,19). The smallest absolute Gasteiger partial charge is 0.307 e. The van der Waals surface area contributed by atoms with E-state index in [4.69, 9.17) is 0 Å². The molecule has 0 radical (unpaired) electrons. The van der Waals surface area contributed by atoms with Gasteiger partial charge < -0.3 is 10.4 Å². The van der Waals surface area contributed by atoms with E-state index in [1.165, 1.54) is 25.7 Å². The zero-order valence-electron chi connectivity index (χ0n) is 13.0. The van der Waals surface area contributed by atoms with Gasteiger partial charge in [-0.1, -0.05) is 27.7 Å². The van der Waals surface area contributed by atoms with Crippen LogP contribution >= 0.6 is 0 Å². The van der Waals surface area contributed by atoms with Gasteiger partial charge in [-0.3, -0.25) is 4.79 Å². The topological polar surface area (TPSA) is 49.3 Å². The van der Waals surface area contributed by atoms with Crippen LogP contribution in [0.5, 0.6) is 0 Å². The van der Waals surface area contributed by atoms with Gasteiger partial charge in [0.15, 0.2) is 0 Å². The van der Waals surface area contributed by atoms with Crippen LogP contribution in [0.15, 0.2) is 0 Å². The molecule has 1 atom stereocenters. The van der Waals surface area contributed by atoms with Crippen LogP contribution in [0.3, 0.4) is 0 Å². The Kier molecular flexibility index (Phi) is 6.84. The maximum absolute atomic E-state index is 11.2. The SMILES string of the molecule is CC(C)CC(CNC1CCC(C(C)C)CC1)C(=O)O. The Bertz CT molecular complexity index is 268. The van der Waals surface area contributed by atoms with Crippen LogP contribution in [0, 0.1) is 23.7 Å². The number of hydrogen-bond acceptors (Lipinski definition) is 2. The van der Waals surface area contributed by atoms with E-state index in [1.807, 2.05) is 0 Å². The van der Waals surface area contributed by atoms with Crippen molar-refractivity contribution < 1.29 is 9.90 Å². The summed E-state index contributed by atoms with van der Waals surface area (Å²) in [7, 11) is 0. The van der Waals surface area contributed by atoms with Crippen LogP contribution in [-0.4, -0.2) is 23.7 Å². The van der Waals surface area contributed by atoms with E-state index in [0.29, 0.717) is 18.5 Å². The third-order valence-corrected chi connectivity index (χ3v) is 4.47. The van der Waals surface area contributed by atoms with Gasteiger partial charge in [0.1, 0.15) is 0 Å². The van der Waals surface area contributed by atoms with Crippen molar-refractivity contribution in [1.82, 2.24) is 5.32 Å². The summed E-state index contributed by atoms with van der Waals surface area (Å²) >= 11 is 0. The van der Waals surface area contributed by atoms with Crippen molar-refractivity contribution in [3.63, 3.8) is 0 Å². The van der Waals surface area contributed by atoms with E-state index in [9.17, 15) is 9.90 Å². The lowest BCUT2D eigenvalue weighted by atomic mass is 9.79. The van der Waals surface area contributed by atoms with Gasteiger partial charge in [-0.15, -0.1) is 0 Å². The number of carbonyl (C=O) groups is 1. The second-order valence-corrected chi connectivity index (χ2v) is 6.93. The van der Waals surface area contributed by atoms with Crippen molar-refractivity contribution in [3.8, 4) is 0 Å². The Morgan fingerprint density at radius 3 is 2.16 bits per heavy atom. The zero-order chi connectivity index (χ0) is 14.4. The molecule has 0 amide bonds. The lowest BCUT2D eigenvalue weighted by Gasteiger charge is -2.32. The van der Waals surface area contributed by atoms with Gasteiger partial charge in [0.2, 0.25) is 0 Å². The average Bonchev–Trinajstić information content (AvgIpc) is 2.34. The van der Waals surface area contributed by atoms with Gasteiger partial charge in [0.25, 0.3) is 0 Å². The second kappa shape index (κ2) is 7.88. The molecule has 0 aromatic heterocycles.